The second-order valence-electron chi connectivity index (χ2n) is 4.75. The van der Waals surface area contributed by atoms with Crippen molar-refractivity contribution >= 4 is 21.8 Å². The molecule has 1 amide bonds. The molecule has 0 saturated carbocycles. The molecule has 2 aliphatic heterocycles. The van der Waals surface area contributed by atoms with Crippen LogP contribution in [0.25, 0.3) is 0 Å². The molecule has 19 heavy (non-hydrogen) atoms. The van der Waals surface area contributed by atoms with Gasteiger partial charge in [0.25, 0.3) is 5.91 Å². The van der Waals surface area contributed by atoms with Gasteiger partial charge in [-0.1, -0.05) is 0 Å². The second-order valence-corrected chi connectivity index (χ2v) is 5.61. The normalized spacial score (nSPS) is 20.6. The first kappa shape index (κ1) is 12.7. The predicted molar refractivity (Wildman–Crippen MR) is 73.6 cm³/mol. The number of hydrogen-bond acceptors (Lipinski definition) is 4. The maximum absolute atomic E-state index is 12.5. The van der Waals surface area contributed by atoms with Crippen LogP contribution >= 0.6 is 15.9 Å². The number of halogens is 1. The molecule has 102 valence electrons. The zero-order chi connectivity index (χ0) is 13.4. The largest absolute Gasteiger partial charge is 0.454 e. The minimum absolute atomic E-state index is 0.00713. The Balaban J connectivity index is 1.85. The Kier molecular flexibility index (Phi) is 3.36. The first-order chi connectivity index (χ1) is 9.16. The van der Waals surface area contributed by atoms with E-state index >= 15 is 0 Å². The number of carbonyl (C=O) groups excluding carboxylic acids is 1. The predicted octanol–water partition coefficient (Wildman–Crippen LogP) is 1.61. The van der Waals surface area contributed by atoms with Gasteiger partial charge in [-0.2, -0.15) is 0 Å². The number of likely N-dealkylation sites (N-methyl/N-ethyl adjacent to an activating group) is 1. The van der Waals surface area contributed by atoms with Crippen LogP contribution in [0, 0.1) is 0 Å². The zero-order valence-corrected chi connectivity index (χ0v) is 12.2. The molecule has 1 aromatic carbocycles. The highest BCUT2D eigenvalue weighted by molar-refractivity contribution is 9.10. The summed E-state index contributed by atoms with van der Waals surface area (Å²) in [6.45, 7) is 2.02. The van der Waals surface area contributed by atoms with Gasteiger partial charge in [0, 0.05) is 25.2 Å². The van der Waals surface area contributed by atoms with Gasteiger partial charge in [-0.15, -0.1) is 0 Å². The molecule has 1 atom stereocenters. The number of fused-ring (bicyclic) bond motifs is 1. The molecule has 1 fully saturated rings. The van der Waals surface area contributed by atoms with Gasteiger partial charge in [-0.05, 0) is 41.0 Å². The molecule has 3 rings (SSSR count). The summed E-state index contributed by atoms with van der Waals surface area (Å²) in [6.07, 6.45) is 0.994. The monoisotopic (exact) mass is 326 g/mol. The highest BCUT2D eigenvalue weighted by Gasteiger charge is 2.26. The van der Waals surface area contributed by atoms with Crippen molar-refractivity contribution in [3.05, 3.63) is 22.2 Å². The van der Waals surface area contributed by atoms with Crippen LogP contribution in [0.3, 0.4) is 0 Å². The van der Waals surface area contributed by atoms with Crippen molar-refractivity contribution in [1.29, 1.82) is 0 Å². The van der Waals surface area contributed by atoms with Crippen molar-refractivity contribution in [2.45, 2.75) is 12.5 Å². The Morgan fingerprint density at radius 3 is 3.05 bits per heavy atom. The van der Waals surface area contributed by atoms with Gasteiger partial charge in [0.1, 0.15) is 0 Å². The lowest BCUT2D eigenvalue weighted by molar-refractivity contribution is 0.0743. The number of nitrogens with zero attached hydrogens (tertiary/aromatic N) is 1. The molecule has 1 aromatic rings. The third-order valence-corrected chi connectivity index (χ3v) is 4.17. The molecule has 2 heterocycles. The van der Waals surface area contributed by atoms with Crippen LogP contribution in [0.1, 0.15) is 16.8 Å². The van der Waals surface area contributed by atoms with Crippen molar-refractivity contribution in [3.63, 3.8) is 0 Å². The van der Waals surface area contributed by atoms with Crippen LogP contribution in [0.15, 0.2) is 16.6 Å². The summed E-state index contributed by atoms with van der Waals surface area (Å²) in [5, 5.41) is 3.26. The van der Waals surface area contributed by atoms with E-state index in [0.29, 0.717) is 17.1 Å². The Morgan fingerprint density at radius 1 is 1.47 bits per heavy atom. The van der Waals surface area contributed by atoms with E-state index in [0.717, 1.165) is 24.0 Å². The van der Waals surface area contributed by atoms with Crippen molar-refractivity contribution in [2.24, 2.45) is 0 Å². The molecule has 0 aliphatic carbocycles. The molecule has 1 N–H and O–H groups in total. The SMILES string of the molecule is CN(C(=O)c1cc(Br)c2c(c1)OCO2)C1CCNC1. The fraction of sp³-hybridized carbons (Fsp3) is 0.462. The molecule has 2 aliphatic rings. The third-order valence-electron chi connectivity index (χ3n) is 3.58. The van der Waals surface area contributed by atoms with E-state index in [1.807, 2.05) is 7.05 Å². The van der Waals surface area contributed by atoms with Gasteiger partial charge in [-0.3, -0.25) is 4.79 Å². The standard InChI is InChI=1S/C13H15BrN2O3/c1-16(9-2-3-15-6-9)13(17)8-4-10(14)12-11(5-8)18-7-19-12/h4-5,9,15H,2-3,6-7H2,1H3. The molecule has 1 unspecified atom stereocenters. The van der Waals surface area contributed by atoms with Crippen LogP contribution in [0.2, 0.25) is 0 Å². The number of amides is 1. The minimum Gasteiger partial charge on any atom is -0.454 e. The molecule has 0 spiro atoms. The highest BCUT2D eigenvalue weighted by Crippen LogP contribution is 2.40. The lowest BCUT2D eigenvalue weighted by Crippen LogP contribution is -2.38. The highest BCUT2D eigenvalue weighted by atomic mass is 79.9. The first-order valence-electron chi connectivity index (χ1n) is 6.24. The van der Waals surface area contributed by atoms with Crippen molar-refractivity contribution in [1.82, 2.24) is 10.2 Å². The molecule has 0 radical (unpaired) electrons. The Labute approximate surface area is 120 Å². The van der Waals surface area contributed by atoms with Gasteiger partial charge in [0.05, 0.1) is 4.47 Å². The van der Waals surface area contributed by atoms with Crippen molar-refractivity contribution in [2.75, 3.05) is 26.9 Å². The van der Waals surface area contributed by atoms with Crippen LogP contribution in [-0.4, -0.2) is 43.8 Å². The van der Waals surface area contributed by atoms with Gasteiger partial charge < -0.3 is 19.7 Å². The topological polar surface area (TPSA) is 50.8 Å². The van der Waals surface area contributed by atoms with E-state index in [4.69, 9.17) is 9.47 Å². The fourth-order valence-corrected chi connectivity index (χ4v) is 2.99. The second kappa shape index (κ2) is 5.02. The Morgan fingerprint density at radius 2 is 2.32 bits per heavy atom. The van der Waals surface area contributed by atoms with E-state index in [-0.39, 0.29) is 18.7 Å². The van der Waals surface area contributed by atoms with Gasteiger partial charge in [0.2, 0.25) is 6.79 Å². The van der Waals surface area contributed by atoms with Gasteiger partial charge in [0.15, 0.2) is 11.5 Å². The Bertz CT molecular complexity index is 515. The van der Waals surface area contributed by atoms with Crippen molar-refractivity contribution in [3.8, 4) is 11.5 Å². The van der Waals surface area contributed by atoms with E-state index in [1.165, 1.54) is 0 Å². The van der Waals surface area contributed by atoms with Gasteiger partial charge >= 0.3 is 0 Å². The molecule has 0 bridgehead atoms. The summed E-state index contributed by atoms with van der Waals surface area (Å²) < 4.78 is 11.4. The number of benzene rings is 1. The molecule has 0 aromatic heterocycles. The van der Waals surface area contributed by atoms with Crippen LogP contribution in [0.4, 0.5) is 0 Å². The third kappa shape index (κ3) is 2.30. The van der Waals surface area contributed by atoms with E-state index in [9.17, 15) is 4.79 Å². The summed E-state index contributed by atoms with van der Waals surface area (Å²) in [4.78, 5) is 14.3. The molecular formula is C13H15BrN2O3. The van der Waals surface area contributed by atoms with E-state index in [1.54, 1.807) is 17.0 Å². The number of nitrogens with one attached hydrogen (secondary N) is 1. The minimum atomic E-state index is 0.00713. The summed E-state index contributed by atoms with van der Waals surface area (Å²) in [5.74, 6) is 1.30. The van der Waals surface area contributed by atoms with E-state index in [2.05, 4.69) is 21.2 Å². The lowest BCUT2D eigenvalue weighted by atomic mass is 10.1. The van der Waals surface area contributed by atoms with Crippen molar-refractivity contribution < 1.29 is 14.3 Å². The first-order valence-corrected chi connectivity index (χ1v) is 7.03. The number of hydrogen-bond donors (Lipinski definition) is 1. The molecule has 1 saturated heterocycles. The Hall–Kier alpha value is -1.27. The summed E-state index contributed by atoms with van der Waals surface area (Å²) >= 11 is 3.41. The summed E-state index contributed by atoms with van der Waals surface area (Å²) in [6, 6.07) is 3.79. The fourth-order valence-electron chi connectivity index (χ4n) is 2.43. The number of rotatable bonds is 2. The van der Waals surface area contributed by atoms with Crippen LogP contribution in [-0.2, 0) is 0 Å². The van der Waals surface area contributed by atoms with E-state index < -0.39 is 0 Å². The molecule has 6 heteroatoms. The van der Waals surface area contributed by atoms with Crippen LogP contribution in [0.5, 0.6) is 11.5 Å². The zero-order valence-electron chi connectivity index (χ0n) is 10.6. The lowest BCUT2D eigenvalue weighted by Gasteiger charge is -2.24. The van der Waals surface area contributed by atoms with Gasteiger partial charge in [-0.25, -0.2) is 0 Å². The number of ether oxygens (including phenoxy) is 2. The molecular weight excluding hydrogens is 312 g/mol. The smallest absolute Gasteiger partial charge is 0.254 e. The average Bonchev–Trinajstić information content (AvgIpc) is 3.07. The van der Waals surface area contributed by atoms with Crippen LogP contribution < -0.4 is 14.8 Å². The quantitative estimate of drug-likeness (QED) is 0.897. The summed E-state index contributed by atoms with van der Waals surface area (Å²) in [5.41, 5.74) is 0.616. The maximum atomic E-state index is 12.5. The maximum Gasteiger partial charge on any atom is 0.254 e. The molecule has 5 nitrogen and oxygen atoms in total. The number of carbonyl (C=O) groups is 1. The summed E-state index contributed by atoms with van der Waals surface area (Å²) in [7, 11) is 1.85. The average molecular weight is 327 g/mol.